The lowest BCUT2D eigenvalue weighted by molar-refractivity contribution is -0.123. The fourth-order valence-corrected chi connectivity index (χ4v) is 1.12. The molecule has 2 atom stereocenters. The van der Waals surface area contributed by atoms with Crippen molar-refractivity contribution >= 4 is 5.91 Å². The summed E-state index contributed by atoms with van der Waals surface area (Å²) >= 11 is 0. The lowest BCUT2D eigenvalue weighted by atomic mass is 10.0. The molecular formula is C9H21N3O2. The lowest BCUT2D eigenvalue weighted by Crippen LogP contribution is -2.57. The van der Waals surface area contributed by atoms with Crippen molar-refractivity contribution in [3.05, 3.63) is 0 Å². The molecule has 1 amide bonds. The van der Waals surface area contributed by atoms with E-state index in [-0.39, 0.29) is 6.04 Å². The first kappa shape index (κ1) is 13.4. The van der Waals surface area contributed by atoms with Crippen LogP contribution in [0.2, 0.25) is 0 Å². The summed E-state index contributed by atoms with van der Waals surface area (Å²) in [5.74, 6) is -0.492. The maximum Gasteiger partial charge on any atom is 0.238 e. The summed E-state index contributed by atoms with van der Waals surface area (Å²) in [5.41, 5.74) is 9.92. The summed E-state index contributed by atoms with van der Waals surface area (Å²) in [4.78, 5) is 12.9. The van der Waals surface area contributed by atoms with Gasteiger partial charge in [0, 0.05) is 19.7 Å². The largest absolute Gasteiger partial charge is 0.383 e. The monoisotopic (exact) mass is 203 g/mol. The SMILES string of the molecule is COCC(C)N(C)CC(C)(N)C(N)=O. The number of carbonyl (C=O) groups is 1. The van der Waals surface area contributed by atoms with Crippen LogP contribution in [0.3, 0.4) is 0 Å². The van der Waals surface area contributed by atoms with Gasteiger partial charge in [-0.25, -0.2) is 0 Å². The highest BCUT2D eigenvalue weighted by atomic mass is 16.5. The molecule has 5 nitrogen and oxygen atoms in total. The summed E-state index contributed by atoms with van der Waals surface area (Å²) in [6.07, 6.45) is 0. The van der Waals surface area contributed by atoms with Crippen molar-refractivity contribution in [2.24, 2.45) is 11.5 Å². The zero-order valence-corrected chi connectivity index (χ0v) is 9.41. The van der Waals surface area contributed by atoms with E-state index in [4.69, 9.17) is 16.2 Å². The van der Waals surface area contributed by atoms with E-state index >= 15 is 0 Å². The van der Waals surface area contributed by atoms with Crippen LogP contribution < -0.4 is 11.5 Å². The number of methoxy groups -OCH3 is 1. The number of ether oxygens (including phenoxy) is 1. The Morgan fingerprint density at radius 1 is 1.64 bits per heavy atom. The molecule has 84 valence electrons. The Hall–Kier alpha value is -0.650. The minimum Gasteiger partial charge on any atom is -0.383 e. The molecule has 5 heteroatoms. The molecule has 0 aromatic rings. The number of nitrogens with zero attached hydrogens (tertiary/aromatic N) is 1. The first-order valence-corrected chi connectivity index (χ1v) is 4.59. The van der Waals surface area contributed by atoms with Crippen LogP contribution in [0, 0.1) is 0 Å². The van der Waals surface area contributed by atoms with Gasteiger partial charge in [0.1, 0.15) is 5.54 Å². The fraction of sp³-hybridized carbons (Fsp3) is 0.889. The van der Waals surface area contributed by atoms with Crippen LogP contribution in [-0.2, 0) is 9.53 Å². The van der Waals surface area contributed by atoms with Crippen LogP contribution in [0.4, 0.5) is 0 Å². The minimum absolute atomic E-state index is 0.210. The Labute approximate surface area is 85.4 Å². The van der Waals surface area contributed by atoms with Crippen molar-refractivity contribution < 1.29 is 9.53 Å². The van der Waals surface area contributed by atoms with Gasteiger partial charge in [-0.1, -0.05) is 0 Å². The van der Waals surface area contributed by atoms with E-state index in [0.29, 0.717) is 13.2 Å². The zero-order chi connectivity index (χ0) is 11.4. The molecule has 0 aromatic heterocycles. The number of hydrogen-bond acceptors (Lipinski definition) is 4. The third-order valence-electron chi connectivity index (χ3n) is 2.30. The standard InChI is InChI=1S/C9H21N3O2/c1-7(5-14-4)12(3)6-9(2,11)8(10)13/h7H,5-6,11H2,1-4H3,(H2,10,13). The second kappa shape index (κ2) is 5.29. The van der Waals surface area contributed by atoms with Gasteiger partial charge >= 0.3 is 0 Å². The van der Waals surface area contributed by atoms with Gasteiger partial charge in [-0.15, -0.1) is 0 Å². The molecule has 0 saturated carbocycles. The first-order chi connectivity index (χ1) is 6.31. The van der Waals surface area contributed by atoms with Gasteiger partial charge in [0.2, 0.25) is 5.91 Å². The van der Waals surface area contributed by atoms with E-state index in [1.165, 1.54) is 0 Å². The number of nitrogens with two attached hydrogens (primary N) is 2. The molecule has 0 aliphatic carbocycles. The van der Waals surface area contributed by atoms with Crippen LogP contribution in [0.25, 0.3) is 0 Å². The maximum absolute atomic E-state index is 11.0. The second-order valence-corrected chi connectivity index (χ2v) is 4.00. The average molecular weight is 203 g/mol. The Balaban J connectivity index is 4.16. The molecule has 0 bridgehead atoms. The van der Waals surface area contributed by atoms with E-state index in [1.807, 2.05) is 18.9 Å². The summed E-state index contributed by atoms with van der Waals surface area (Å²) in [7, 11) is 3.53. The van der Waals surface area contributed by atoms with Gasteiger partial charge < -0.3 is 16.2 Å². The summed E-state index contributed by atoms with van der Waals surface area (Å²) in [6.45, 7) is 4.66. The molecule has 0 heterocycles. The first-order valence-electron chi connectivity index (χ1n) is 4.59. The van der Waals surface area contributed by atoms with Gasteiger partial charge in [-0.2, -0.15) is 0 Å². The normalized spacial score (nSPS) is 17.9. The molecule has 2 unspecified atom stereocenters. The Kier molecular flexibility index (Phi) is 5.04. The van der Waals surface area contributed by atoms with Crippen molar-refractivity contribution in [3.63, 3.8) is 0 Å². The molecule has 0 saturated heterocycles. The van der Waals surface area contributed by atoms with E-state index < -0.39 is 11.4 Å². The van der Waals surface area contributed by atoms with Gasteiger partial charge in [0.15, 0.2) is 0 Å². The number of primary amides is 1. The lowest BCUT2D eigenvalue weighted by Gasteiger charge is -2.31. The van der Waals surface area contributed by atoms with E-state index in [1.54, 1.807) is 14.0 Å². The molecule has 14 heavy (non-hydrogen) atoms. The summed E-state index contributed by atoms with van der Waals surface area (Å²) in [5, 5.41) is 0. The van der Waals surface area contributed by atoms with E-state index in [2.05, 4.69) is 0 Å². The van der Waals surface area contributed by atoms with E-state index in [9.17, 15) is 4.79 Å². The molecule has 0 aliphatic rings. The maximum atomic E-state index is 11.0. The van der Waals surface area contributed by atoms with Crippen LogP contribution >= 0.6 is 0 Å². The average Bonchev–Trinajstić information content (AvgIpc) is 2.03. The topological polar surface area (TPSA) is 81.6 Å². The smallest absolute Gasteiger partial charge is 0.238 e. The van der Waals surface area contributed by atoms with Gasteiger partial charge in [-0.3, -0.25) is 9.69 Å². The molecule has 4 N–H and O–H groups in total. The van der Waals surface area contributed by atoms with Crippen molar-refractivity contribution in [2.75, 3.05) is 27.3 Å². The van der Waals surface area contributed by atoms with Gasteiger partial charge in [0.05, 0.1) is 6.61 Å². The predicted molar refractivity (Wildman–Crippen MR) is 55.8 cm³/mol. The number of likely N-dealkylation sites (N-methyl/N-ethyl adjacent to an activating group) is 1. The van der Waals surface area contributed by atoms with Crippen molar-refractivity contribution in [1.29, 1.82) is 0 Å². The van der Waals surface area contributed by atoms with Crippen LogP contribution in [0.1, 0.15) is 13.8 Å². The molecule has 0 radical (unpaired) electrons. The zero-order valence-electron chi connectivity index (χ0n) is 9.41. The minimum atomic E-state index is -0.989. The molecule has 0 spiro atoms. The molecule has 0 aliphatic heterocycles. The van der Waals surface area contributed by atoms with E-state index in [0.717, 1.165) is 0 Å². The molecule has 0 aromatic carbocycles. The van der Waals surface area contributed by atoms with Crippen LogP contribution in [0.5, 0.6) is 0 Å². The number of rotatable bonds is 6. The number of amides is 1. The predicted octanol–water partition coefficient (Wildman–Crippen LogP) is -0.844. The highest BCUT2D eigenvalue weighted by molar-refractivity contribution is 5.84. The number of carbonyl (C=O) groups excluding carboxylic acids is 1. The van der Waals surface area contributed by atoms with Crippen LogP contribution in [-0.4, -0.2) is 49.7 Å². The molecular weight excluding hydrogens is 182 g/mol. The Morgan fingerprint density at radius 3 is 2.50 bits per heavy atom. The van der Waals surface area contributed by atoms with Crippen molar-refractivity contribution in [3.8, 4) is 0 Å². The Morgan fingerprint density at radius 2 is 2.14 bits per heavy atom. The third kappa shape index (κ3) is 4.04. The fourth-order valence-electron chi connectivity index (χ4n) is 1.12. The summed E-state index contributed by atoms with van der Waals surface area (Å²) in [6, 6.07) is 0.210. The quantitative estimate of drug-likeness (QED) is 0.589. The highest BCUT2D eigenvalue weighted by Gasteiger charge is 2.28. The van der Waals surface area contributed by atoms with Crippen molar-refractivity contribution in [1.82, 2.24) is 4.90 Å². The second-order valence-electron chi connectivity index (χ2n) is 4.00. The summed E-state index contributed by atoms with van der Waals surface area (Å²) < 4.78 is 5.00. The van der Waals surface area contributed by atoms with Gasteiger partial charge in [0.25, 0.3) is 0 Å². The third-order valence-corrected chi connectivity index (χ3v) is 2.30. The molecule has 0 rings (SSSR count). The van der Waals surface area contributed by atoms with Gasteiger partial charge in [-0.05, 0) is 20.9 Å². The van der Waals surface area contributed by atoms with Crippen molar-refractivity contribution in [2.45, 2.75) is 25.4 Å². The van der Waals surface area contributed by atoms with Crippen LogP contribution in [0.15, 0.2) is 0 Å². The highest BCUT2D eigenvalue weighted by Crippen LogP contribution is 2.04. The molecule has 0 fully saturated rings. The number of hydrogen-bond donors (Lipinski definition) is 2. The Bertz CT molecular complexity index is 194.